The molecular weight excluding hydrogens is 272 g/mol. The molecule has 0 aromatic heterocycles. The van der Waals surface area contributed by atoms with Crippen LogP contribution in [0.15, 0.2) is 64.4 Å². The Bertz CT molecular complexity index is 493. The maximum atomic E-state index is 11.8. The van der Waals surface area contributed by atoms with E-state index in [2.05, 4.69) is 19.4 Å². The summed E-state index contributed by atoms with van der Waals surface area (Å²) in [7, 11) is 0. The van der Waals surface area contributed by atoms with Crippen molar-refractivity contribution in [2.45, 2.75) is 6.92 Å². The first-order chi connectivity index (χ1) is 9.19. The largest absolute Gasteiger partial charge is 0.289 e. The highest BCUT2D eigenvalue weighted by molar-refractivity contribution is 8.21. The van der Waals surface area contributed by atoms with Crippen LogP contribution in [0.3, 0.4) is 0 Å². The molecule has 1 rings (SSSR count). The number of hydrogen-bond acceptors (Lipinski definition) is 3. The monoisotopic (exact) mass is 290 g/mol. The van der Waals surface area contributed by atoms with Crippen LogP contribution < -0.4 is 0 Å². The second-order valence-corrected chi connectivity index (χ2v) is 5.72. The minimum atomic E-state index is 0.0295. The Balaban J connectivity index is 2.64. The Morgan fingerprint density at radius 1 is 1.00 bits per heavy atom. The summed E-state index contributed by atoms with van der Waals surface area (Å²) < 4.78 is 1.29. The zero-order valence-electron chi connectivity index (χ0n) is 11.4. The lowest BCUT2D eigenvalue weighted by Gasteiger charge is -2.01. The predicted molar refractivity (Wildman–Crippen MR) is 88.8 cm³/mol. The molecule has 0 aliphatic carbocycles. The van der Waals surface area contributed by atoms with Gasteiger partial charge in [0, 0.05) is 9.80 Å². The average Bonchev–Trinajstić information content (AvgIpc) is 2.45. The Hall–Kier alpha value is -1.19. The van der Waals surface area contributed by atoms with Gasteiger partial charge in [-0.2, -0.15) is 0 Å². The van der Waals surface area contributed by atoms with Gasteiger partial charge < -0.3 is 0 Å². The lowest BCUT2D eigenvalue weighted by Crippen LogP contribution is -1.92. The van der Waals surface area contributed by atoms with Crippen molar-refractivity contribution in [3.8, 4) is 0 Å². The molecule has 1 aromatic rings. The average molecular weight is 290 g/mol. The quantitative estimate of drug-likeness (QED) is 0.420. The topological polar surface area (TPSA) is 17.1 Å². The number of thioether (sulfide) groups is 2. The van der Waals surface area contributed by atoms with Crippen molar-refractivity contribution in [2.24, 2.45) is 0 Å². The normalized spacial score (nSPS) is 11.1. The van der Waals surface area contributed by atoms with Gasteiger partial charge in [-0.15, -0.1) is 23.5 Å². The van der Waals surface area contributed by atoms with E-state index in [1.54, 1.807) is 35.7 Å². The maximum absolute atomic E-state index is 11.8. The van der Waals surface area contributed by atoms with Gasteiger partial charge in [0.25, 0.3) is 0 Å². The van der Waals surface area contributed by atoms with Gasteiger partial charge in [-0.1, -0.05) is 48.6 Å². The fraction of sp³-hybridized carbons (Fsp3) is 0.188. The number of hydrogen-bond donors (Lipinski definition) is 0. The molecule has 0 amide bonds. The zero-order valence-corrected chi connectivity index (χ0v) is 13.1. The zero-order chi connectivity index (χ0) is 14.1. The Morgan fingerprint density at radius 2 is 1.58 bits per heavy atom. The van der Waals surface area contributed by atoms with E-state index in [1.165, 1.54) is 9.81 Å². The van der Waals surface area contributed by atoms with Gasteiger partial charge >= 0.3 is 0 Å². The molecule has 0 aliphatic heterocycles. The molecule has 0 saturated carbocycles. The summed E-state index contributed by atoms with van der Waals surface area (Å²) in [5.41, 5.74) is 1.94. The number of rotatable bonds is 6. The highest BCUT2D eigenvalue weighted by Gasteiger charge is 1.98. The summed E-state index contributed by atoms with van der Waals surface area (Å²) in [6.45, 7) is 2.08. The SMILES string of the molecule is CSC(SC)=C(C)C=CC=CC(=O)c1ccccc1. The molecule has 0 N–H and O–H groups in total. The standard InChI is InChI=1S/C16H18OS2/c1-13(16(18-2)19-3)9-7-8-12-15(17)14-10-5-4-6-11-14/h4-12H,1-3H3. The Labute approximate surface area is 123 Å². The summed E-state index contributed by atoms with van der Waals surface area (Å²) in [6.07, 6.45) is 11.4. The van der Waals surface area contributed by atoms with E-state index in [-0.39, 0.29) is 5.78 Å². The highest BCUT2D eigenvalue weighted by atomic mass is 32.2. The van der Waals surface area contributed by atoms with Gasteiger partial charge in [0.15, 0.2) is 5.78 Å². The minimum absolute atomic E-state index is 0.0295. The van der Waals surface area contributed by atoms with Gasteiger partial charge in [0.05, 0.1) is 0 Å². The van der Waals surface area contributed by atoms with E-state index in [4.69, 9.17) is 0 Å². The lowest BCUT2D eigenvalue weighted by molar-refractivity contribution is 0.104. The molecule has 0 heterocycles. The van der Waals surface area contributed by atoms with Crippen molar-refractivity contribution < 1.29 is 4.79 Å². The summed E-state index contributed by atoms with van der Waals surface area (Å²) in [5.74, 6) is 0.0295. The van der Waals surface area contributed by atoms with Gasteiger partial charge in [0.1, 0.15) is 0 Å². The van der Waals surface area contributed by atoms with Crippen molar-refractivity contribution >= 4 is 29.3 Å². The molecule has 0 aliphatic rings. The molecule has 3 heteroatoms. The van der Waals surface area contributed by atoms with Crippen molar-refractivity contribution in [2.75, 3.05) is 12.5 Å². The molecule has 0 atom stereocenters. The van der Waals surface area contributed by atoms with Crippen LogP contribution in [-0.2, 0) is 0 Å². The fourth-order valence-electron chi connectivity index (χ4n) is 1.51. The summed E-state index contributed by atoms with van der Waals surface area (Å²) in [4.78, 5) is 11.8. The number of benzene rings is 1. The lowest BCUT2D eigenvalue weighted by atomic mass is 10.1. The van der Waals surface area contributed by atoms with E-state index in [1.807, 2.05) is 42.5 Å². The molecular formula is C16H18OS2. The molecule has 0 saturated heterocycles. The van der Waals surface area contributed by atoms with Crippen LogP contribution in [-0.4, -0.2) is 18.3 Å². The summed E-state index contributed by atoms with van der Waals surface area (Å²) in [5, 5.41) is 0. The van der Waals surface area contributed by atoms with Gasteiger partial charge in [-0.25, -0.2) is 0 Å². The second-order valence-electron chi connectivity index (χ2n) is 3.83. The predicted octanol–water partition coefficient (Wildman–Crippen LogP) is 4.94. The van der Waals surface area contributed by atoms with E-state index in [0.29, 0.717) is 5.56 Å². The van der Waals surface area contributed by atoms with E-state index >= 15 is 0 Å². The van der Waals surface area contributed by atoms with Crippen LogP contribution in [0.25, 0.3) is 0 Å². The second kappa shape index (κ2) is 8.83. The third kappa shape index (κ3) is 5.53. The van der Waals surface area contributed by atoms with Gasteiger partial charge in [0.2, 0.25) is 0 Å². The van der Waals surface area contributed by atoms with Crippen LogP contribution in [0.2, 0.25) is 0 Å². The molecule has 100 valence electrons. The van der Waals surface area contributed by atoms with Gasteiger partial charge in [-0.05, 0) is 31.1 Å². The van der Waals surface area contributed by atoms with Crippen LogP contribution in [0.1, 0.15) is 17.3 Å². The maximum Gasteiger partial charge on any atom is 0.185 e. The number of ketones is 1. The Morgan fingerprint density at radius 3 is 2.16 bits per heavy atom. The van der Waals surface area contributed by atoms with E-state index in [9.17, 15) is 4.79 Å². The van der Waals surface area contributed by atoms with Crippen molar-refractivity contribution in [1.82, 2.24) is 0 Å². The first-order valence-corrected chi connectivity index (χ1v) is 8.37. The highest BCUT2D eigenvalue weighted by Crippen LogP contribution is 2.27. The van der Waals surface area contributed by atoms with Crippen molar-refractivity contribution in [3.63, 3.8) is 0 Å². The number of allylic oxidation sites excluding steroid dienone is 5. The molecule has 0 unspecified atom stereocenters. The first kappa shape index (κ1) is 15.9. The van der Waals surface area contributed by atoms with Gasteiger partial charge in [-0.3, -0.25) is 4.79 Å². The first-order valence-electron chi connectivity index (χ1n) is 5.92. The molecule has 1 aromatic carbocycles. The van der Waals surface area contributed by atoms with Crippen LogP contribution in [0.4, 0.5) is 0 Å². The van der Waals surface area contributed by atoms with Crippen molar-refractivity contribution in [1.29, 1.82) is 0 Å². The molecule has 0 spiro atoms. The number of carbonyl (C=O) groups is 1. The molecule has 0 radical (unpaired) electrons. The summed E-state index contributed by atoms with van der Waals surface area (Å²) in [6, 6.07) is 9.28. The van der Waals surface area contributed by atoms with Crippen LogP contribution in [0.5, 0.6) is 0 Å². The van der Waals surface area contributed by atoms with Crippen LogP contribution >= 0.6 is 23.5 Å². The number of carbonyl (C=O) groups excluding carboxylic acids is 1. The molecule has 0 bridgehead atoms. The Kier molecular flexibility index (Phi) is 7.38. The minimum Gasteiger partial charge on any atom is -0.289 e. The fourth-order valence-corrected chi connectivity index (χ4v) is 2.96. The third-order valence-corrected chi connectivity index (χ3v) is 4.84. The summed E-state index contributed by atoms with van der Waals surface area (Å²) >= 11 is 3.48. The molecule has 19 heavy (non-hydrogen) atoms. The van der Waals surface area contributed by atoms with E-state index < -0.39 is 0 Å². The van der Waals surface area contributed by atoms with Crippen molar-refractivity contribution in [3.05, 3.63) is 70.0 Å². The third-order valence-electron chi connectivity index (χ3n) is 2.46. The van der Waals surface area contributed by atoms with E-state index in [0.717, 1.165) is 0 Å². The molecule has 1 nitrogen and oxygen atoms in total. The molecule has 0 fully saturated rings. The smallest absolute Gasteiger partial charge is 0.185 e. The van der Waals surface area contributed by atoms with Crippen LogP contribution in [0, 0.1) is 0 Å².